The predicted octanol–water partition coefficient (Wildman–Crippen LogP) is 1.20. The van der Waals surface area contributed by atoms with Crippen LogP contribution in [0.25, 0.3) is 0 Å². The van der Waals surface area contributed by atoms with E-state index >= 15 is 0 Å². The SMILES string of the molecule is CNC(=C(Cl)[N+](=O)[O-])N(C)CC1COC(C)C1. The third kappa shape index (κ3) is 3.74. The van der Waals surface area contributed by atoms with Gasteiger partial charge >= 0.3 is 5.16 Å². The van der Waals surface area contributed by atoms with Gasteiger partial charge in [-0.2, -0.15) is 0 Å². The van der Waals surface area contributed by atoms with Gasteiger partial charge in [0.25, 0.3) is 0 Å². The van der Waals surface area contributed by atoms with E-state index in [4.69, 9.17) is 16.3 Å². The normalized spacial score (nSPS) is 25.4. The van der Waals surface area contributed by atoms with Crippen molar-refractivity contribution in [1.29, 1.82) is 0 Å². The van der Waals surface area contributed by atoms with Crippen LogP contribution in [0.1, 0.15) is 13.3 Å². The van der Waals surface area contributed by atoms with E-state index in [2.05, 4.69) is 5.32 Å². The summed E-state index contributed by atoms with van der Waals surface area (Å²) in [4.78, 5) is 11.8. The molecule has 0 aromatic heterocycles. The van der Waals surface area contributed by atoms with Crippen molar-refractivity contribution in [3.63, 3.8) is 0 Å². The van der Waals surface area contributed by atoms with Gasteiger partial charge in [0, 0.05) is 26.6 Å². The molecule has 1 saturated heterocycles. The predicted molar refractivity (Wildman–Crippen MR) is 65.1 cm³/mol. The summed E-state index contributed by atoms with van der Waals surface area (Å²) in [6.45, 7) is 3.40. The number of hydrogen-bond acceptors (Lipinski definition) is 5. The Morgan fingerprint density at radius 2 is 2.35 bits per heavy atom. The van der Waals surface area contributed by atoms with Gasteiger partial charge in [-0.25, -0.2) is 0 Å². The summed E-state index contributed by atoms with van der Waals surface area (Å²) in [6.07, 6.45) is 1.23. The minimum absolute atomic E-state index is 0.265. The summed E-state index contributed by atoms with van der Waals surface area (Å²) in [5.74, 6) is 0.714. The van der Waals surface area contributed by atoms with Gasteiger partial charge in [-0.3, -0.25) is 10.1 Å². The maximum atomic E-state index is 10.6. The van der Waals surface area contributed by atoms with Crippen molar-refractivity contribution < 1.29 is 9.66 Å². The molecule has 1 aliphatic rings. The van der Waals surface area contributed by atoms with Gasteiger partial charge in [0.1, 0.15) is 0 Å². The Labute approximate surface area is 106 Å². The molecule has 98 valence electrons. The number of hydrogen-bond donors (Lipinski definition) is 1. The molecule has 0 aliphatic carbocycles. The zero-order valence-electron chi connectivity index (χ0n) is 10.3. The van der Waals surface area contributed by atoms with E-state index in [-0.39, 0.29) is 11.3 Å². The van der Waals surface area contributed by atoms with Crippen molar-refractivity contribution in [2.75, 3.05) is 27.2 Å². The average molecular weight is 264 g/mol. The van der Waals surface area contributed by atoms with E-state index in [1.165, 1.54) is 0 Å². The van der Waals surface area contributed by atoms with Crippen LogP contribution in [0.2, 0.25) is 0 Å². The number of halogens is 1. The van der Waals surface area contributed by atoms with E-state index < -0.39 is 4.92 Å². The highest BCUT2D eigenvalue weighted by atomic mass is 35.5. The lowest BCUT2D eigenvalue weighted by atomic mass is 10.1. The van der Waals surface area contributed by atoms with Crippen molar-refractivity contribution in [2.24, 2.45) is 5.92 Å². The molecule has 1 fully saturated rings. The minimum Gasteiger partial charge on any atom is -0.378 e. The van der Waals surface area contributed by atoms with Crippen LogP contribution >= 0.6 is 11.6 Å². The molecule has 0 aromatic rings. The Morgan fingerprint density at radius 1 is 1.71 bits per heavy atom. The lowest BCUT2D eigenvalue weighted by Crippen LogP contribution is -2.33. The van der Waals surface area contributed by atoms with Crippen molar-refractivity contribution in [2.45, 2.75) is 19.4 Å². The van der Waals surface area contributed by atoms with Crippen LogP contribution in [0.5, 0.6) is 0 Å². The van der Waals surface area contributed by atoms with Gasteiger partial charge in [-0.1, -0.05) is 0 Å². The Hall–Kier alpha value is -1.01. The van der Waals surface area contributed by atoms with E-state index in [1.807, 2.05) is 6.92 Å². The molecule has 1 aliphatic heterocycles. The second-order valence-electron chi connectivity index (χ2n) is 4.27. The van der Waals surface area contributed by atoms with Crippen molar-refractivity contribution in [3.05, 3.63) is 21.1 Å². The standard InChI is InChI=1S/C10H18ClN3O3/c1-7-4-8(6-17-7)5-13(3)10(12-2)9(11)14(15)16/h7-8,12H,4-6H2,1-3H3. The van der Waals surface area contributed by atoms with Gasteiger partial charge in [0.05, 0.1) is 17.6 Å². The number of ether oxygens (including phenoxy) is 1. The smallest absolute Gasteiger partial charge is 0.377 e. The molecule has 2 atom stereocenters. The Bertz CT molecular complexity index is 322. The number of nitrogens with zero attached hydrogens (tertiary/aromatic N) is 2. The fraction of sp³-hybridized carbons (Fsp3) is 0.800. The maximum Gasteiger partial charge on any atom is 0.377 e. The first-order chi connectivity index (χ1) is 7.95. The molecule has 1 rings (SSSR count). The van der Waals surface area contributed by atoms with Crippen LogP contribution in [0.3, 0.4) is 0 Å². The van der Waals surface area contributed by atoms with Gasteiger partial charge in [-0.15, -0.1) is 0 Å². The molecule has 7 heteroatoms. The third-order valence-electron chi connectivity index (χ3n) is 2.79. The summed E-state index contributed by atoms with van der Waals surface area (Å²) in [7, 11) is 3.40. The van der Waals surface area contributed by atoms with Crippen molar-refractivity contribution in [1.82, 2.24) is 10.2 Å². The Kier molecular flexibility index (Phi) is 5.02. The fourth-order valence-corrected chi connectivity index (χ4v) is 2.29. The lowest BCUT2D eigenvalue weighted by Gasteiger charge is -2.23. The third-order valence-corrected chi connectivity index (χ3v) is 3.11. The average Bonchev–Trinajstić information content (AvgIpc) is 2.64. The molecule has 0 radical (unpaired) electrons. The Morgan fingerprint density at radius 3 is 2.76 bits per heavy atom. The maximum absolute atomic E-state index is 10.6. The number of rotatable bonds is 5. The summed E-state index contributed by atoms with van der Waals surface area (Å²) in [5, 5.41) is 13.0. The zero-order chi connectivity index (χ0) is 13.0. The molecule has 17 heavy (non-hydrogen) atoms. The Balaban J connectivity index is 2.64. The first-order valence-electron chi connectivity index (χ1n) is 5.50. The van der Waals surface area contributed by atoms with Gasteiger partial charge in [-0.05, 0) is 24.9 Å². The summed E-state index contributed by atoms with van der Waals surface area (Å²) in [6, 6.07) is 0. The molecule has 0 aromatic carbocycles. The minimum atomic E-state index is -0.600. The quantitative estimate of drug-likeness (QED) is 0.459. The number of nitro groups is 1. The highest BCUT2D eigenvalue weighted by molar-refractivity contribution is 6.28. The van der Waals surface area contributed by atoms with Gasteiger partial charge in [0.15, 0.2) is 5.82 Å². The van der Waals surface area contributed by atoms with E-state index in [0.29, 0.717) is 24.9 Å². The van der Waals surface area contributed by atoms with Crippen molar-refractivity contribution in [3.8, 4) is 0 Å². The van der Waals surface area contributed by atoms with Crippen LogP contribution in [-0.2, 0) is 4.74 Å². The van der Waals surface area contributed by atoms with Crippen LogP contribution in [-0.4, -0.2) is 43.2 Å². The first-order valence-corrected chi connectivity index (χ1v) is 5.88. The van der Waals surface area contributed by atoms with Crippen LogP contribution < -0.4 is 5.32 Å². The van der Waals surface area contributed by atoms with Crippen molar-refractivity contribution >= 4 is 11.6 Å². The molecule has 0 saturated carbocycles. The molecular formula is C10H18ClN3O3. The van der Waals surface area contributed by atoms with Gasteiger partial charge in [0.2, 0.25) is 0 Å². The largest absolute Gasteiger partial charge is 0.378 e. The summed E-state index contributed by atoms with van der Waals surface area (Å²) in [5.41, 5.74) is 0. The van der Waals surface area contributed by atoms with Crippen LogP contribution in [0.15, 0.2) is 11.0 Å². The second kappa shape index (κ2) is 6.07. The summed E-state index contributed by atoms with van der Waals surface area (Å²) >= 11 is 5.64. The van der Waals surface area contributed by atoms with E-state index in [1.54, 1.807) is 19.0 Å². The topological polar surface area (TPSA) is 67.6 Å². The molecule has 1 N–H and O–H groups in total. The van der Waals surface area contributed by atoms with Crippen LogP contribution in [0, 0.1) is 16.0 Å². The highest BCUT2D eigenvalue weighted by Gasteiger charge is 2.26. The lowest BCUT2D eigenvalue weighted by molar-refractivity contribution is -0.414. The molecule has 0 spiro atoms. The van der Waals surface area contributed by atoms with Crippen LogP contribution in [0.4, 0.5) is 0 Å². The van der Waals surface area contributed by atoms with Gasteiger partial charge < -0.3 is 15.0 Å². The monoisotopic (exact) mass is 263 g/mol. The zero-order valence-corrected chi connectivity index (χ0v) is 11.0. The second-order valence-corrected chi connectivity index (χ2v) is 4.63. The molecule has 2 unspecified atom stereocenters. The molecule has 0 amide bonds. The summed E-state index contributed by atoms with van der Waals surface area (Å²) < 4.78 is 5.46. The molecule has 1 heterocycles. The highest BCUT2D eigenvalue weighted by Crippen LogP contribution is 2.21. The fourth-order valence-electron chi connectivity index (χ4n) is 2.05. The molecule has 6 nitrogen and oxygen atoms in total. The number of nitrogens with one attached hydrogen (secondary N) is 1. The molecular weight excluding hydrogens is 246 g/mol. The first kappa shape index (κ1) is 14.1. The van der Waals surface area contributed by atoms with E-state index in [0.717, 1.165) is 6.42 Å². The van der Waals surface area contributed by atoms with E-state index in [9.17, 15) is 10.1 Å². The molecule has 0 bridgehead atoms.